The number of pyridine rings is 1. The summed E-state index contributed by atoms with van der Waals surface area (Å²) in [4.78, 5) is 20.1. The molecule has 0 atom stereocenters. The van der Waals surface area contributed by atoms with Crippen LogP contribution in [0.1, 0.15) is 22.7 Å². The highest BCUT2D eigenvalue weighted by Gasteiger charge is 2.30. The predicted molar refractivity (Wildman–Crippen MR) is 112 cm³/mol. The molecule has 1 aliphatic heterocycles. The van der Waals surface area contributed by atoms with Crippen LogP contribution in [0.4, 0.5) is 4.39 Å². The molecular weight excluding hydrogens is 455 g/mol. The fraction of sp³-hybridized carbons (Fsp3) is 0.333. The van der Waals surface area contributed by atoms with Crippen LogP contribution in [-0.2, 0) is 25.9 Å². The molecule has 0 radical (unpaired) electrons. The largest absolute Gasteiger partial charge is 0.462 e. The molecule has 33 heavy (non-hydrogen) atoms. The van der Waals surface area contributed by atoms with E-state index in [2.05, 4.69) is 15.1 Å². The van der Waals surface area contributed by atoms with E-state index < -0.39 is 26.7 Å². The predicted octanol–water partition coefficient (Wildman–Crippen LogP) is 2.08. The van der Waals surface area contributed by atoms with Gasteiger partial charge < -0.3 is 14.0 Å². The van der Waals surface area contributed by atoms with Crippen LogP contribution in [0, 0.1) is 5.82 Å². The van der Waals surface area contributed by atoms with Crippen molar-refractivity contribution >= 4 is 16.0 Å². The van der Waals surface area contributed by atoms with E-state index in [-0.39, 0.29) is 38.5 Å². The van der Waals surface area contributed by atoms with Crippen LogP contribution < -0.4 is 0 Å². The van der Waals surface area contributed by atoms with Gasteiger partial charge in [-0.15, -0.1) is 0 Å². The minimum absolute atomic E-state index is 0.0341. The maximum atomic E-state index is 14.3. The quantitative estimate of drug-likeness (QED) is 0.355. The Hall–Kier alpha value is -3.22. The van der Waals surface area contributed by atoms with Gasteiger partial charge in [0.2, 0.25) is 21.7 Å². The van der Waals surface area contributed by atoms with Gasteiger partial charge in [0.05, 0.1) is 25.4 Å². The fourth-order valence-electron chi connectivity index (χ4n) is 3.19. The molecule has 0 unspecified atom stereocenters. The Kier molecular flexibility index (Phi) is 7.06. The van der Waals surface area contributed by atoms with E-state index >= 15 is 0 Å². The van der Waals surface area contributed by atoms with Crippen molar-refractivity contribution in [3.63, 3.8) is 0 Å². The highest BCUT2D eigenvalue weighted by Crippen LogP contribution is 2.22. The van der Waals surface area contributed by atoms with Gasteiger partial charge in [0.1, 0.15) is 10.7 Å². The number of aromatic nitrogens is 3. The number of sulfonamides is 1. The maximum absolute atomic E-state index is 14.3. The van der Waals surface area contributed by atoms with Gasteiger partial charge in [-0.2, -0.15) is 9.29 Å². The first-order chi connectivity index (χ1) is 15.9. The van der Waals surface area contributed by atoms with Gasteiger partial charge in [-0.1, -0.05) is 5.16 Å². The summed E-state index contributed by atoms with van der Waals surface area (Å²) in [6, 6.07) is 6.70. The average molecular weight is 476 g/mol. The van der Waals surface area contributed by atoms with Crippen molar-refractivity contribution in [1.82, 2.24) is 19.4 Å². The Morgan fingerprint density at radius 1 is 1.21 bits per heavy atom. The molecule has 10 nitrogen and oxygen atoms in total. The Labute approximate surface area is 189 Å². The number of aryl methyl sites for hydroxylation is 1. The normalized spacial score (nSPS) is 14.8. The lowest BCUT2D eigenvalue weighted by Gasteiger charge is -2.26. The number of halogens is 1. The molecule has 12 heteroatoms. The number of ether oxygens (including phenoxy) is 2. The lowest BCUT2D eigenvalue weighted by atomic mass is 10.2. The van der Waals surface area contributed by atoms with E-state index in [0.29, 0.717) is 24.6 Å². The zero-order chi connectivity index (χ0) is 23.3. The van der Waals surface area contributed by atoms with Crippen LogP contribution in [0.2, 0.25) is 0 Å². The van der Waals surface area contributed by atoms with E-state index in [1.165, 1.54) is 6.07 Å². The Balaban J connectivity index is 1.33. The minimum atomic E-state index is -4.09. The third kappa shape index (κ3) is 5.41. The molecule has 174 valence electrons. The molecule has 4 rings (SSSR count). The molecule has 3 aromatic rings. The summed E-state index contributed by atoms with van der Waals surface area (Å²) in [6.45, 7) is 0.730. The van der Waals surface area contributed by atoms with Gasteiger partial charge in [-0.05, 0) is 36.8 Å². The molecule has 0 spiro atoms. The molecule has 0 amide bonds. The van der Waals surface area contributed by atoms with Crippen molar-refractivity contribution in [2.45, 2.75) is 17.7 Å². The second-order valence-electron chi connectivity index (χ2n) is 7.15. The fourth-order valence-corrected chi connectivity index (χ4v) is 4.69. The summed E-state index contributed by atoms with van der Waals surface area (Å²) in [5.74, 6) is -0.894. The smallest absolute Gasteiger partial charge is 0.338 e. The van der Waals surface area contributed by atoms with Gasteiger partial charge in [0.15, 0.2) is 0 Å². The lowest BCUT2D eigenvalue weighted by Crippen LogP contribution is -2.41. The van der Waals surface area contributed by atoms with Gasteiger partial charge in [-0.25, -0.2) is 17.6 Å². The summed E-state index contributed by atoms with van der Waals surface area (Å²) in [6.07, 6.45) is 4.04. The molecular formula is C21H21FN4O6S. The van der Waals surface area contributed by atoms with E-state index in [1.807, 2.05) is 0 Å². The van der Waals surface area contributed by atoms with E-state index in [9.17, 15) is 17.6 Å². The number of hydrogen-bond acceptors (Lipinski definition) is 9. The number of morpholine rings is 1. The third-order valence-corrected chi connectivity index (χ3v) is 6.82. The molecule has 0 aliphatic carbocycles. The van der Waals surface area contributed by atoms with Crippen molar-refractivity contribution in [3.05, 3.63) is 60.0 Å². The number of hydrogen-bond donors (Lipinski definition) is 0. The molecule has 3 heterocycles. The summed E-state index contributed by atoms with van der Waals surface area (Å²) < 4.78 is 56.5. The van der Waals surface area contributed by atoms with Gasteiger partial charge in [0, 0.05) is 37.5 Å². The Bertz CT molecular complexity index is 1210. The van der Waals surface area contributed by atoms with Gasteiger partial charge >= 0.3 is 5.97 Å². The number of nitrogens with zero attached hydrogens (tertiary/aromatic N) is 4. The Morgan fingerprint density at radius 3 is 2.79 bits per heavy atom. The highest BCUT2D eigenvalue weighted by molar-refractivity contribution is 7.89. The molecule has 1 aromatic carbocycles. The number of carbonyl (C=O) groups is 1. The monoisotopic (exact) mass is 476 g/mol. The molecule has 0 saturated carbocycles. The summed E-state index contributed by atoms with van der Waals surface area (Å²) in [5, 5.41) is 3.89. The minimum Gasteiger partial charge on any atom is -0.462 e. The summed E-state index contributed by atoms with van der Waals surface area (Å²) in [5.41, 5.74) is 0.665. The van der Waals surface area contributed by atoms with Gasteiger partial charge in [-0.3, -0.25) is 4.98 Å². The number of benzene rings is 1. The first kappa shape index (κ1) is 23.0. The summed E-state index contributed by atoms with van der Waals surface area (Å²) in [7, 11) is -4.09. The molecule has 0 N–H and O–H groups in total. The third-order valence-electron chi connectivity index (χ3n) is 4.91. The standard InChI is InChI=1S/C21H21FN4O6S/c22-17-6-5-15(13-18(17)33(28,29)26-8-11-30-12-9-26)21(27)31-10-2-4-19-24-20(25-32-19)16-3-1-7-23-14-16/h1,3,5-7,13-14H,2,4,8-12H2. The topological polar surface area (TPSA) is 125 Å². The first-order valence-corrected chi connectivity index (χ1v) is 11.7. The highest BCUT2D eigenvalue weighted by atomic mass is 32.2. The zero-order valence-electron chi connectivity index (χ0n) is 17.5. The first-order valence-electron chi connectivity index (χ1n) is 10.2. The number of esters is 1. The van der Waals surface area contributed by atoms with E-state index in [0.717, 1.165) is 22.0 Å². The van der Waals surface area contributed by atoms with Crippen molar-refractivity contribution in [1.29, 1.82) is 0 Å². The molecule has 1 fully saturated rings. The SMILES string of the molecule is O=C(OCCCc1nc(-c2cccnc2)no1)c1ccc(F)c(S(=O)(=O)N2CCOCC2)c1. The summed E-state index contributed by atoms with van der Waals surface area (Å²) >= 11 is 0. The number of rotatable bonds is 8. The average Bonchev–Trinajstić information content (AvgIpc) is 3.32. The molecule has 1 aliphatic rings. The second-order valence-corrected chi connectivity index (χ2v) is 9.06. The molecule has 2 aromatic heterocycles. The van der Waals surface area contributed by atoms with Crippen molar-refractivity contribution in [3.8, 4) is 11.4 Å². The van der Waals surface area contributed by atoms with Crippen LogP contribution in [-0.4, -0.2) is 66.7 Å². The van der Waals surface area contributed by atoms with Gasteiger partial charge in [0.25, 0.3) is 0 Å². The van der Waals surface area contributed by atoms with Crippen LogP contribution >= 0.6 is 0 Å². The Morgan fingerprint density at radius 2 is 2.03 bits per heavy atom. The van der Waals surface area contributed by atoms with E-state index in [1.54, 1.807) is 24.5 Å². The molecule has 1 saturated heterocycles. The lowest BCUT2D eigenvalue weighted by molar-refractivity contribution is 0.0498. The second kappa shape index (κ2) is 10.1. The maximum Gasteiger partial charge on any atom is 0.338 e. The van der Waals surface area contributed by atoms with Crippen molar-refractivity contribution in [2.24, 2.45) is 0 Å². The van der Waals surface area contributed by atoms with Crippen molar-refractivity contribution < 1.29 is 31.6 Å². The van der Waals surface area contributed by atoms with Crippen molar-refractivity contribution in [2.75, 3.05) is 32.9 Å². The van der Waals surface area contributed by atoms with Crippen LogP contribution in [0.3, 0.4) is 0 Å². The van der Waals surface area contributed by atoms with Crippen LogP contribution in [0.5, 0.6) is 0 Å². The number of carbonyl (C=O) groups excluding carboxylic acids is 1. The van der Waals surface area contributed by atoms with E-state index in [4.69, 9.17) is 14.0 Å². The van der Waals surface area contributed by atoms with Crippen LogP contribution in [0.15, 0.2) is 52.1 Å². The van der Waals surface area contributed by atoms with Crippen LogP contribution in [0.25, 0.3) is 11.4 Å². The zero-order valence-corrected chi connectivity index (χ0v) is 18.3. The molecule has 0 bridgehead atoms.